The molecule has 1 heterocycles. The van der Waals surface area contributed by atoms with Crippen LogP contribution in [0.2, 0.25) is 0 Å². The van der Waals surface area contributed by atoms with Crippen molar-refractivity contribution < 1.29 is 29.0 Å². The lowest BCUT2D eigenvalue weighted by molar-refractivity contribution is -0.131. The third-order valence-electron chi connectivity index (χ3n) is 6.86. The van der Waals surface area contributed by atoms with Gasteiger partial charge >= 0.3 is 5.97 Å². The number of anilines is 1. The number of aliphatic carboxylic acids is 1. The quantitative estimate of drug-likeness (QED) is 0.447. The monoisotopic (exact) mass is 503 g/mol. The van der Waals surface area contributed by atoms with E-state index in [2.05, 4.69) is 16.7 Å². The Morgan fingerprint density at radius 1 is 1.30 bits per heavy atom. The number of methoxy groups -OCH3 is 1. The molecular formula is C28H29N3O6. The van der Waals surface area contributed by atoms with Gasteiger partial charge in [-0.25, -0.2) is 4.79 Å². The van der Waals surface area contributed by atoms with Gasteiger partial charge in [0.25, 0.3) is 5.91 Å². The molecule has 9 nitrogen and oxygen atoms in total. The van der Waals surface area contributed by atoms with Crippen molar-refractivity contribution in [1.29, 1.82) is 5.26 Å². The third-order valence-corrected chi connectivity index (χ3v) is 6.86. The summed E-state index contributed by atoms with van der Waals surface area (Å²) in [5, 5.41) is 24.0. The van der Waals surface area contributed by atoms with Crippen LogP contribution in [0.5, 0.6) is 5.75 Å². The summed E-state index contributed by atoms with van der Waals surface area (Å²) in [6.45, 7) is 2.73. The number of allylic oxidation sites excluding steroid dienone is 1. The summed E-state index contributed by atoms with van der Waals surface area (Å²) in [5.74, 6) is -1.11. The molecule has 2 aromatic carbocycles. The van der Waals surface area contributed by atoms with Gasteiger partial charge in [-0.1, -0.05) is 12.1 Å². The molecular weight excluding hydrogens is 474 g/mol. The maximum Gasteiger partial charge on any atom is 0.327 e. The van der Waals surface area contributed by atoms with Gasteiger partial charge in [-0.05, 0) is 62.1 Å². The first-order valence-electron chi connectivity index (χ1n) is 12.1. The van der Waals surface area contributed by atoms with Gasteiger partial charge in [-0.3, -0.25) is 9.59 Å². The van der Waals surface area contributed by atoms with E-state index in [1.54, 1.807) is 37.4 Å². The summed E-state index contributed by atoms with van der Waals surface area (Å²) in [7, 11) is 1.58. The highest BCUT2D eigenvalue weighted by Gasteiger charge is 2.61. The fourth-order valence-corrected chi connectivity index (χ4v) is 4.93. The highest BCUT2D eigenvalue weighted by molar-refractivity contribution is 5.98. The number of carbonyl (C=O) groups excluding carboxylic acids is 2. The number of amides is 2. The van der Waals surface area contributed by atoms with E-state index in [-0.39, 0.29) is 23.8 Å². The minimum Gasteiger partial charge on any atom is -0.493 e. The molecule has 192 valence electrons. The van der Waals surface area contributed by atoms with Crippen LogP contribution in [0.25, 0.3) is 0 Å². The van der Waals surface area contributed by atoms with Crippen LogP contribution in [-0.2, 0) is 26.2 Å². The average Bonchev–Trinajstić information content (AvgIpc) is 3.59. The second kappa shape index (κ2) is 10.8. The van der Waals surface area contributed by atoms with Crippen molar-refractivity contribution in [2.75, 3.05) is 25.6 Å². The van der Waals surface area contributed by atoms with E-state index in [4.69, 9.17) is 14.6 Å². The zero-order chi connectivity index (χ0) is 26.6. The molecule has 0 saturated heterocycles. The summed E-state index contributed by atoms with van der Waals surface area (Å²) in [6, 6.07) is 12.2. The van der Waals surface area contributed by atoms with Crippen LogP contribution in [0.1, 0.15) is 46.8 Å². The smallest absolute Gasteiger partial charge is 0.327 e. The molecule has 3 atom stereocenters. The van der Waals surface area contributed by atoms with E-state index < -0.39 is 11.4 Å². The Bertz CT molecular complexity index is 1300. The molecule has 1 aliphatic heterocycles. The summed E-state index contributed by atoms with van der Waals surface area (Å²) in [5.41, 5.74) is 2.49. The van der Waals surface area contributed by atoms with Crippen molar-refractivity contribution in [3.63, 3.8) is 0 Å². The molecule has 37 heavy (non-hydrogen) atoms. The van der Waals surface area contributed by atoms with Crippen LogP contribution in [0.4, 0.5) is 5.69 Å². The van der Waals surface area contributed by atoms with Gasteiger partial charge in [-0.2, -0.15) is 5.26 Å². The molecule has 1 saturated carbocycles. The lowest BCUT2D eigenvalue weighted by Crippen LogP contribution is -2.36. The number of nitrogens with one attached hydrogen (secondary N) is 2. The van der Waals surface area contributed by atoms with Crippen LogP contribution >= 0.6 is 0 Å². The van der Waals surface area contributed by atoms with Gasteiger partial charge < -0.3 is 25.2 Å². The Hall–Kier alpha value is -4.16. The minimum atomic E-state index is -1.06. The van der Waals surface area contributed by atoms with Crippen LogP contribution in [-0.4, -0.2) is 49.3 Å². The average molecular weight is 504 g/mol. The normalized spacial score (nSPS) is 20.4. The Labute approximate surface area is 215 Å². The highest BCUT2D eigenvalue weighted by atomic mass is 16.5. The predicted molar refractivity (Wildman–Crippen MR) is 135 cm³/mol. The summed E-state index contributed by atoms with van der Waals surface area (Å²) < 4.78 is 10.9. The maximum absolute atomic E-state index is 13.4. The van der Waals surface area contributed by atoms with E-state index >= 15 is 0 Å². The molecule has 4 rings (SSSR count). The van der Waals surface area contributed by atoms with Crippen molar-refractivity contribution in [2.45, 2.75) is 37.6 Å². The number of benzene rings is 2. The van der Waals surface area contributed by atoms with Gasteiger partial charge in [0, 0.05) is 47.4 Å². The van der Waals surface area contributed by atoms with Crippen LogP contribution in [0.15, 0.2) is 48.6 Å². The lowest BCUT2D eigenvalue weighted by atomic mass is 9.86. The molecule has 2 aromatic rings. The van der Waals surface area contributed by atoms with E-state index in [1.807, 2.05) is 13.0 Å². The first-order valence-corrected chi connectivity index (χ1v) is 12.1. The van der Waals surface area contributed by atoms with Crippen LogP contribution in [0.3, 0.4) is 0 Å². The number of nitrogens with zero attached hydrogens (tertiary/aromatic N) is 1. The largest absolute Gasteiger partial charge is 0.493 e. The molecule has 2 amide bonds. The first-order chi connectivity index (χ1) is 17.8. The van der Waals surface area contributed by atoms with E-state index in [0.717, 1.165) is 11.6 Å². The molecule has 0 radical (unpaired) electrons. The van der Waals surface area contributed by atoms with Crippen molar-refractivity contribution in [2.24, 2.45) is 5.92 Å². The molecule has 0 bridgehead atoms. The number of carboxylic acid groups (broad SMARTS) is 1. The molecule has 0 unspecified atom stereocenters. The number of nitriles is 1. The zero-order valence-electron chi connectivity index (χ0n) is 20.7. The maximum atomic E-state index is 13.4. The van der Waals surface area contributed by atoms with E-state index in [1.165, 1.54) is 6.08 Å². The zero-order valence-corrected chi connectivity index (χ0v) is 20.7. The van der Waals surface area contributed by atoms with Crippen LogP contribution < -0.4 is 15.4 Å². The molecule has 9 heteroatoms. The number of ether oxygens (including phenoxy) is 2. The Morgan fingerprint density at radius 3 is 2.84 bits per heavy atom. The molecule has 2 aliphatic rings. The third kappa shape index (κ3) is 5.65. The van der Waals surface area contributed by atoms with Crippen molar-refractivity contribution >= 4 is 23.5 Å². The van der Waals surface area contributed by atoms with Crippen molar-refractivity contribution in [1.82, 2.24) is 5.32 Å². The van der Waals surface area contributed by atoms with Gasteiger partial charge in [0.2, 0.25) is 5.91 Å². The van der Waals surface area contributed by atoms with E-state index in [9.17, 15) is 19.6 Å². The van der Waals surface area contributed by atoms with Gasteiger partial charge in [-0.15, -0.1) is 0 Å². The molecule has 0 aromatic heterocycles. The number of hydrogen-bond acceptors (Lipinski definition) is 6. The number of fused-ring (bicyclic) bond motifs is 2. The van der Waals surface area contributed by atoms with E-state index in [0.29, 0.717) is 60.6 Å². The standard InChI is InChI=1S/C28H29N3O6/c1-17(16-36-2)30-26(34)20-8-9-24-21(13-20)28(10-11-37-24)14-22(28)27(35)31-23-12-18(15-29)6-7-19(23)4-3-5-25(32)33/h3,5-9,12-13,17,22H,4,10-11,14,16H2,1-2H3,(H,30,34)(H,31,35)(H,32,33)/t17-,22+,28+/m1/s1. The number of rotatable bonds is 9. The summed E-state index contributed by atoms with van der Waals surface area (Å²) >= 11 is 0. The molecule has 1 aliphatic carbocycles. The fourth-order valence-electron chi connectivity index (χ4n) is 4.93. The van der Waals surface area contributed by atoms with Crippen molar-refractivity contribution in [3.05, 3.63) is 70.8 Å². The molecule has 1 spiro atoms. The number of carboxylic acids is 1. The predicted octanol–water partition coefficient (Wildman–Crippen LogP) is 3.19. The Balaban J connectivity index is 1.55. The molecule has 1 fully saturated rings. The topological polar surface area (TPSA) is 138 Å². The van der Waals surface area contributed by atoms with Gasteiger partial charge in [0.1, 0.15) is 5.75 Å². The summed E-state index contributed by atoms with van der Waals surface area (Å²) in [6.07, 6.45) is 4.09. The SMILES string of the molecule is COC[C@@H](C)NC(=O)c1ccc2c(c1)[C@]1(CCO2)C[C@H]1C(=O)Nc1cc(C#N)ccc1CC=CC(=O)O. The molecule has 3 N–H and O–H groups in total. The highest BCUT2D eigenvalue weighted by Crippen LogP contribution is 2.61. The van der Waals surface area contributed by atoms with Gasteiger partial charge in [0.15, 0.2) is 0 Å². The number of hydrogen-bond donors (Lipinski definition) is 3. The summed E-state index contributed by atoms with van der Waals surface area (Å²) in [4.78, 5) is 37.0. The van der Waals surface area contributed by atoms with Crippen molar-refractivity contribution in [3.8, 4) is 11.8 Å². The van der Waals surface area contributed by atoms with Gasteiger partial charge in [0.05, 0.1) is 24.8 Å². The van der Waals surface area contributed by atoms with Crippen LogP contribution in [0, 0.1) is 17.2 Å². The lowest BCUT2D eigenvalue weighted by Gasteiger charge is -2.27. The Kier molecular flexibility index (Phi) is 7.60. The Morgan fingerprint density at radius 2 is 2.11 bits per heavy atom. The fraction of sp³-hybridized carbons (Fsp3) is 0.357. The second-order valence-electron chi connectivity index (χ2n) is 9.47. The number of carbonyl (C=O) groups is 3. The first kappa shape index (κ1) is 25.9. The minimum absolute atomic E-state index is 0.151. The second-order valence-corrected chi connectivity index (χ2v) is 9.47.